The van der Waals surface area contributed by atoms with Gasteiger partial charge in [-0.1, -0.05) is 51.1 Å². The zero-order valence-corrected chi connectivity index (χ0v) is 26.5. The molecule has 13 heteroatoms. The maximum absolute atomic E-state index is 14.0. The van der Waals surface area contributed by atoms with Crippen molar-refractivity contribution in [2.24, 2.45) is 5.92 Å². The molecular formula is C34H35N5O8. The highest BCUT2D eigenvalue weighted by Crippen LogP contribution is 2.59. The summed E-state index contributed by atoms with van der Waals surface area (Å²) in [6.45, 7) is 6.92. The number of hydrogen-bond acceptors (Lipinski definition) is 11. The number of aliphatic hydroxyl groups is 1. The summed E-state index contributed by atoms with van der Waals surface area (Å²) in [4.78, 5) is 48.8. The number of amides is 2. The monoisotopic (exact) mass is 641 g/mol. The minimum Gasteiger partial charge on any atom is -0.469 e. The first-order chi connectivity index (χ1) is 22.5. The molecule has 0 aliphatic carbocycles. The van der Waals surface area contributed by atoms with Crippen LogP contribution in [-0.2, 0) is 26.2 Å². The third-order valence-electron chi connectivity index (χ3n) is 9.32. The average Bonchev–Trinajstić information content (AvgIpc) is 3.83. The standard InChI is InChI=1S/C34H35N5O8/c1-6-33(4,43)31(42)36-21-14-17-11-12-23-19(13-17)34(18-9-7-8-10-20(18)37-32(34)46-23)26-25(28-35-22(15-45-28)30(41)44-5)39-29(47-26)24(16(2)3)38-27(21)40/h7-13,15-16,21,24,32,37,43H,6,14H2,1-5H3,(H,36,42)(H,38,40)/t21-,24-,32-,33?,34?/m0/s1. The maximum Gasteiger partial charge on any atom is 0.360 e. The fourth-order valence-corrected chi connectivity index (χ4v) is 6.50. The number of esters is 1. The Morgan fingerprint density at radius 1 is 1.17 bits per heavy atom. The quantitative estimate of drug-likeness (QED) is 0.226. The number of nitrogens with zero attached hydrogens (tertiary/aromatic N) is 2. The Labute approximate surface area is 270 Å². The third-order valence-corrected chi connectivity index (χ3v) is 9.32. The normalized spacial score (nSPS) is 23.6. The number of benzene rings is 2. The van der Waals surface area contributed by atoms with Crippen molar-refractivity contribution in [3.63, 3.8) is 0 Å². The topological polar surface area (TPSA) is 178 Å². The molecule has 7 rings (SSSR count). The van der Waals surface area contributed by atoms with Crippen LogP contribution in [0.3, 0.4) is 0 Å². The highest BCUT2D eigenvalue weighted by molar-refractivity contribution is 5.91. The molecule has 0 saturated carbocycles. The summed E-state index contributed by atoms with van der Waals surface area (Å²) in [6, 6.07) is 11.6. The molecule has 2 aromatic carbocycles. The van der Waals surface area contributed by atoms with E-state index in [4.69, 9.17) is 23.3 Å². The minimum atomic E-state index is -1.67. The molecule has 3 aliphatic rings. The summed E-state index contributed by atoms with van der Waals surface area (Å²) < 4.78 is 24.0. The SMILES string of the molecule is CCC(C)(O)C(=O)N[C@H]1Cc2ccc3c(c2)C2(c4ccccc4N[C@H]2O3)c2oc(nc2-c2nc(C(=O)OC)co2)[C@H](C(C)C)NC1=O. The molecular weight excluding hydrogens is 606 g/mol. The Kier molecular flexibility index (Phi) is 7.12. The highest BCUT2D eigenvalue weighted by atomic mass is 16.5. The summed E-state index contributed by atoms with van der Waals surface area (Å²) in [5.41, 5.74) is 0.573. The lowest BCUT2D eigenvalue weighted by molar-refractivity contribution is -0.141. The fourth-order valence-electron chi connectivity index (χ4n) is 6.50. The lowest BCUT2D eigenvalue weighted by Crippen LogP contribution is -2.54. The summed E-state index contributed by atoms with van der Waals surface area (Å²) in [5.74, 6) is -0.903. The van der Waals surface area contributed by atoms with Crippen molar-refractivity contribution in [2.75, 3.05) is 12.4 Å². The molecule has 4 bridgehead atoms. The summed E-state index contributed by atoms with van der Waals surface area (Å²) in [5, 5.41) is 20.0. The van der Waals surface area contributed by atoms with E-state index >= 15 is 0 Å². The van der Waals surface area contributed by atoms with Crippen LogP contribution in [0.15, 0.2) is 57.6 Å². The van der Waals surface area contributed by atoms with Gasteiger partial charge < -0.3 is 39.4 Å². The van der Waals surface area contributed by atoms with E-state index in [1.807, 2.05) is 56.3 Å². The first-order valence-corrected chi connectivity index (χ1v) is 15.5. The van der Waals surface area contributed by atoms with Crippen LogP contribution in [0.25, 0.3) is 11.6 Å². The second kappa shape index (κ2) is 11.0. The van der Waals surface area contributed by atoms with Gasteiger partial charge in [0, 0.05) is 17.7 Å². The number of oxazole rings is 2. The zero-order valence-electron chi connectivity index (χ0n) is 26.5. The van der Waals surface area contributed by atoms with Gasteiger partial charge in [0.15, 0.2) is 23.4 Å². The van der Waals surface area contributed by atoms with Gasteiger partial charge in [-0.15, -0.1) is 0 Å². The Morgan fingerprint density at radius 2 is 1.96 bits per heavy atom. The molecule has 13 nitrogen and oxygen atoms in total. The second-order valence-corrected chi connectivity index (χ2v) is 12.7. The van der Waals surface area contributed by atoms with Crippen LogP contribution in [0.1, 0.15) is 79.0 Å². The Hall–Kier alpha value is -5.17. The van der Waals surface area contributed by atoms with E-state index in [0.29, 0.717) is 11.5 Å². The number of aromatic nitrogens is 2. The molecule has 4 N–H and O–H groups in total. The van der Waals surface area contributed by atoms with Gasteiger partial charge in [-0.05, 0) is 42.5 Å². The fraction of sp³-hybridized carbons (Fsp3) is 0.382. The molecule has 5 heterocycles. The summed E-state index contributed by atoms with van der Waals surface area (Å²) in [7, 11) is 1.25. The van der Waals surface area contributed by atoms with Gasteiger partial charge in [0.05, 0.1) is 7.11 Å². The maximum atomic E-state index is 14.0. The molecule has 5 atom stereocenters. The van der Waals surface area contributed by atoms with Crippen LogP contribution < -0.4 is 20.7 Å². The molecule has 47 heavy (non-hydrogen) atoms. The molecule has 4 aromatic rings. The molecule has 0 fully saturated rings. The van der Waals surface area contributed by atoms with Crippen molar-refractivity contribution in [3.05, 3.63) is 82.8 Å². The van der Waals surface area contributed by atoms with Crippen LogP contribution in [0.4, 0.5) is 5.69 Å². The number of para-hydroxylation sites is 1. The number of carbonyl (C=O) groups excluding carboxylic acids is 3. The lowest BCUT2D eigenvalue weighted by Gasteiger charge is -2.29. The first kappa shape index (κ1) is 30.5. The van der Waals surface area contributed by atoms with Gasteiger partial charge >= 0.3 is 5.97 Å². The molecule has 2 aromatic heterocycles. The van der Waals surface area contributed by atoms with E-state index in [-0.39, 0.29) is 41.9 Å². The van der Waals surface area contributed by atoms with E-state index < -0.39 is 47.1 Å². The van der Waals surface area contributed by atoms with Gasteiger partial charge in [0.25, 0.3) is 5.91 Å². The van der Waals surface area contributed by atoms with Crippen molar-refractivity contribution < 1.29 is 37.8 Å². The number of carbonyl (C=O) groups is 3. The van der Waals surface area contributed by atoms with Gasteiger partial charge in [0.1, 0.15) is 35.1 Å². The van der Waals surface area contributed by atoms with Gasteiger partial charge in [-0.2, -0.15) is 0 Å². The first-order valence-electron chi connectivity index (χ1n) is 15.5. The van der Waals surface area contributed by atoms with E-state index in [0.717, 1.165) is 22.4 Å². The molecule has 2 unspecified atom stereocenters. The van der Waals surface area contributed by atoms with Crippen LogP contribution in [0.2, 0.25) is 0 Å². The molecule has 3 aliphatic heterocycles. The molecule has 0 radical (unpaired) electrons. The third kappa shape index (κ3) is 4.67. The van der Waals surface area contributed by atoms with Crippen molar-refractivity contribution in [2.45, 2.75) is 69.9 Å². The average molecular weight is 642 g/mol. The largest absolute Gasteiger partial charge is 0.469 e. The Morgan fingerprint density at radius 3 is 2.70 bits per heavy atom. The minimum absolute atomic E-state index is 0.0214. The van der Waals surface area contributed by atoms with Crippen LogP contribution >= 0.6 is 0 Å². The predicted molar refractivity (Wildman–Crippen MR) is 166 cm³/mol. The lowest BCUT2D eigenvalue weighted by atomic mass is 9.72. The van der Waals surface area contributed by atoms with Crippen molar-refractivity contribution in [3.8, 4) is 17.3 Å². The smallest absolute Gasteiger partial charge is 0.360 e. The van der Waals surface area contributed by atoms with Gasteiger partial charge in [-0.25, -0.2) is 14.8 Å². The highest BCUT2D eigenvalue weighted by Gasteiger charge is 2.61. The summed E-state index contributed by atoms with van der Waals surface area (Å²) in [6.07, 6.45) is 0.826. The Bertz CT molecular complexity index is 1910. The number of anilines is 1. The van der Waals surface area contributed by atoms with Crippen molar-refractivity contribution >= 4 is 23.5 Å². The van der Waals surface area contributed by atoms with Crippen LogP contribution in [0, 0.1) is 5.92 Å². The van der Waals surface area contributed by atoms with Crippen LogP contribution in [-0.4, -0.2) is 57.8 Å². The Balaban J connectivity index is 1.48. The second-order valence-electron chi connectivity index (χ2n) is 12.7. The van der Waals surface area contributed by atoms with Crippen molar-refractivity contribution in [1.82, 2.24) is 20.6 Å². The molecule has 0 saturated heterocycles. The van der Waals surface area contributed by atoms with E-state index in [2.05, 4.69) is 20.9 Å². The molecule has 244 valence electrons. The number of rotatable bonds is 6. The van der Waals surface area contributed by atoms with Gasteiger partial charge in [-0.3, -0.25) is 9.59 Å². The number of ether oxygens (including phenoxy) is 2. The zero-order chi connectivity index (χ0) is 33.2. The van der Waals surface area contributed by atoms with E-state index in [9.17, 15) is 19.5 Å². The van der Waals surface area contributed by atoms with Crippen molar-refractivity contribution in [1.29, 1.82) is 0 Å². The number of fused-ring (bicyclic) bond motifs is 4. The van der Waals surface area contributed by atoms with Gasteiger partial charge in [0.2, 0.25) is 17.7 Å². The predicted octanol–water partition coefficient (Wildman–Crippen LogP) is 3.61. The van der Waals surface area contributed by atoms with E-state index in [1.54, 1.807) is 6.92 Å². The molecule has 1 spiro atoms. The van der Waals surface area contributed by atoms with Crippen LogP contribution in [0.5, 0.6) is 5.75 Å². The summed E-state index contributed by atoms with van der Waals surface area (Å²) >= 11 is 0. The van der Waals surface area contributed by atoms with E-state index in [1.165, 1.54) is 20.3 Å². The number of methoxy groups -OCH3 is 1. The number of nitrogens with one attached hydrogen (secondary N) is 3. The molecule has 2 amide bonds. The number of hydrogen-bond donors (Lipinski definition) is 4.